The van der Waals surface area contributed by atoms with Gasteiger partial charge in [0.25, 0.3) is 0 Å². The van der Waals surface area contributed by atoms with Gasteiger partial charge in [-0.3, -0.25) is 9.59 Å². The van der Waals surface area contributed by atoms with Crippen LogP contribution in [0.25, 0.3) is 0 Å². The van der Waals surface area contributed by atoms with E-state index in [2.05, 4.69) is 16.0 Å². The monoisotopic (exact) mass is 357 g/mol. The van der Waals surface area contributed by atoms with Gasteiger partial charge in [0.15, 0.2) is 0 Å². The fraction of sp³-hybridized carbons (Fsp3) is 0.500. The first kappa shape index (κ1) is 19.8. The van der Waals surface area contributed by atoms with E-state index in [1.165, 1.54) is 11.8 Å². The van der Waals surface area contributed by atoms with E-state index in [0.717, 1.165) is 37.2 Å². The summed E-state index contributed by atoms with van der Waals surface area (Å²) in [4.78, 5) is 23.6. The van der Waals surface area contributed by atoms with E-state index in [-0.39, 0.29) is 36.0 Å². The number of hydrogen-bond acceptors (Lipinski definition) is 4. The predicted octanol–water partition coefficient (Wildman–Crippen LogP) is 1.96. The summed E-state index contributed by atoms with van der Waals surface area (Å²) in [5.41, 5.74) is 1.94. The van der Waals surface area contributed by atoms with Gasteiger partial charge < -0.3 is 16.0 Å². The summed E-state index contributed by atoms with van der Waals surface area (Å²) in [6, 6.07) is 7.88. The molecule has 3 N–H and O–H groups in total. The summed E-state index contributed by atoms with van der Waals surface area (Å²) in [5.74, 6) is 0.519. The molecule has 2 amide bonds. The Morgan fingerprint density at radius 1 is 1.22 bits per heavy atom. The van der Waals surface area contributed by atoms with Crippen LogP contribution in [0.4, 0.5) is 5.69 Å². The number of nitrogens with one attached hydrogen (secondary N) is 3. The van der Waals surface area contributed by atoms with E-state index in [1.807, 2.05) is 31.2 Å². The van der Waals surface area contributed by atoms with E-state index < -0.39 is 0 Å². The van der Waals surface area contributed by atoms with Crippen molar-refractivity contribution < 1.29 is 9.59 Å². The highest BCUT2D eigenvalue weighted by atomic mass is 35.5. The Morgan fingerprint density at radius 3 is 2.57 bits per heavy atom. The van der Waals surface area contributed by atoms with Crippen LogP contribution in [0, 0.1) is 6.92 Å². The van der Waals surface area contributed by atoms with Gasteiger partial charge in [-0.2, -0.15) is 0 Å². The number of hydrogen-bond donors (Lipinski definition) is 3. The van der Waals surface area contributed by atoms with Gasteiger partial charge >= 0.3 is 0 Å². The third kappa shape index (κ3) is 7.72. The average molecular weight is 358 g/mol. The van der Waals surface area contributed by atoms with Crippen LogP contribution in [0.1, 0.15) is 18.4 Å². The summed E-state index contributed by atoms with van der Waals surface area (Å²) in [5, 5.41) is 9.08. The highest BCUT2D eigenvalue weighted by Crippen LogP contribution is 2.10. The van der Waals surface area contributed by atoms with Crippen molar-refractivity contribution in [2.24, 2.45) is 0 Å². The molecule has 0 unspecified atom stereocenters. The molecule has 7 heteroatoms. The molecule has 0 radical (unpaired) electrons. The Kier molecular flexibility index (Phi) is 9.06. The lowest BCUT2D eigenvalue weighted by atomic mass is 10.1. The molecule has 1 saturated heterocycles. The zero-order valence-electron chi connectivity index (χ0n) is 13.3. The zero-order valence-corrected chi connectivity index (χ0v) is 14.9. The van der Waals surface area contributed by atoms with Gasteiger partial charge in [0.1, 0.15) is 0 Å². The molecule has 1 aromatic rings. The van der Waals surface area contributed by atoms with Gasteiger partial charge in [0.05, 0.1) is 11.5 Å². The number of benzene rings is 1. The van der Waals surface area contributed by atoms with Crippen LogP contribution < -0.4 is 16.0 Å². The minimum absolute atomic E-state index is 0. The Balaban J connectivity index is 0.00000264. The molecule has 1 atom stereocenters. The van der Waals surface area contributed by atoms with Crippen LogP contribution in [0.3, 0.4) is 0 Å². The number of amides is 2. The molecular formula is C16H24ClN3O2S. The lowest BCUT2D eigenvalue weighted by Crippen LogP contribution is -2.46. The highest BCUT2D eigenvalue weighted by molar-refractivity contribution is 8.00. The van der Waals surface area contributed by atoms with Gasteiger partial charge in [0, 0.05) is 18.3 Å². The molecule has 1 heterocycles. The van der Waals surface area contributed by atoms with Crippen molar-refractivity contribution in [1.82, 2.24) is 10.6 Å². The van der Waals surface area contributed by atoms with Crippen LogP contribution in [0.2, 0.25) is 0 Å². The van der Waals surface area contributed by atoms with Crippen molar-refractivity contribution in [3.63, 3.8) is 0 Å². The topological polar surface area (TPSA) is 70.2 Å². The van der Waals surface area contributed by atoms with Crippen molar-refractivity contribution >= 4 is 41.7 Å². The molecule has 128 valence electrons. The SMILES string of the molecule is Cc1ccc(NC(=O)CSCC(=O)N[C@H]2CCCNC2)cc1.Cl. The predicted molar refractivity (Wildman–Crippen MR) is 98.4 cm³/mol. The quantitative estimate of drug-likeness (QED) is 0.728. The maximum absolute atomic E-state index is 11.8. The Labute approximate surface area is 147 Å². The van der Waals surface area contributed by atoms with Gasteiger partial charge in [0.2, 0.25) is 11.8 Å². The van der Waals surface area contributed by atoms with Gasteiger partial charge in [-0.15, -0.1) is 24.2 Å². The molecule has 23 heavy (non-hydrogen) atoms. The van der Waals surface area contributed by atoms with Crippen molar-refractivity contribution in [2.45, 2.75) is 25.8 Å². The molecule has 1 aromatic carbocycles. The number of piperidine rings is 1. The fourth-order valence-electron chi connectivity index (χ4n) is 2.31. The molecule has 5 nitrogen and oxygen atoms in total. The summed E-state index contributed by atoms with van der Waals surface area (Å²) >= 11 is 1.34. The number of aryl methyl sites for hydroxylation is 1. The third-order valence-electron chi connectivity index (χ3n) is 3.46. The molecule has 0 spiro atoms. The van der Waals surface area contributed by atoms with E-state index in [0.29, 0.717) is 5.75 Å². The standard InChI is InChI=1S/C16H23N3O2S.ClH/c1-12-4-6-13(7-5-12)18-15(20)10-22-11-16(21)19-14-3-2-8-17-9-14;/h4-7,14,17H,2-3,8-11H2,1H3,(H,18,20)(H,19,21);1H/t14-;/m0./s1. The van der Waals surface area contributed by atoms with Gasteiger partial charge in [-0.1, -0.05) is 17.7 Å². The second-order valence-electron chi connectivity index (χ2n) is 5.52. The minimum atomic E-state index is -0.0824. The summed E-state index contributed by atoms with van der Waals surface area (Å²) < 4.78 is 0. The summed E-state index contributed by atoms with van der Waals surface area (Å²) in [6.45, 7) is 3.87. The third-order valence-corrected chi connectivity index (χ3v) is 4.40. The van der Waals surface area contributed by atoms with Crippen LogP contribution in [-0.4, -0.2) is 42.5 Å². The molecule has 1 aliphatic rings. The van der Waals surface area contributed by atoms with Gasteiger partial charge in [-0.05, 0) is 38.4 Å². The largest absolute Gasteiger partial charge is 0.351 e. The first-order chi connectivity index (χ1) is 10.6. The molecule has 0 aliphatic carbocycles. The Bertz CT molecular complexity index is 505. The van der Waals surface area contributed by atoms with Crippen molar-refractivity contribution in [3.05, 3.63) is 29.8 Å². The number of carbonyl (C=O) groups is 2. The number of halogens is 1. The average Bonchev–Trinajstić information content (AvgIpc) is 2.50. The van der Waals surface area contributed by atoms with E-state index in [4.69, 9.17) is 0 Å². The smallest absolute Gasteiger partial charge is 0.234 e. The second-order valence-corrected chi connectivity index (χ2v) is 6.50. The highest BCUT2D eigenvalue weighted by Gasteiger charge is 2.15. The maximum atomic E-state index is 11.8. The molecular weight excluding hydrogens is 334 g/mol. The molecule has 1 aliphatic heterocycles. The Hall–Kier alpha value is -1.24. The normalized spacial score (nSPS) is 17.0. The Morgan fingerprint density at radius 2 is 1.91 bits per heavy atom. The van der Waals surface area contributed by atoms with E-state index >= 15 is 0 Å². The number of thioether (sulfide) groups is 1. The first-order valence-electron chi connectivity index (χ1n) is 7.58. The lowest BCUT2D eigenvalue weighted by molar-refractivity contribution is -0.119. The number of rotatable bonds is 6. The number of carbonyl (C=O) groups excluding carboxylic acids is 2. The summed E-state index contributed by atoms with van der Waals surface area (Å²) in [7, 11) is 0. The molecule has 0 bridgehead atoms. The number of anilines is 1. The first-order valence-corrected chi connectivity index (χ1v) is 8.73. The van der Waals surface area contributed by atoms with Crippen molar-refractivity contribution in [3.8, 4) is 0 Å². The molecule has 0 aromatic heterocycles. The molecule has 1 fully saturated rings. The molecule has 2 rings (SSSR count). The second kappa shape index (κ2) is 10.5. The van der Waals surface area contributed by atoms with Crippen LogP contribution in [0.15, 0.2) is 24.3 Å². The fourth-order valence-corrected chi connectivity index (χ4v) is 2.94. The van der Waals surface area contributed by atoms with Gasteiger partial charge in [-0.25, -0.2) is 0 Å². The minimum Gasteiger partial charge on any atom is -0.351 e. The summed E-state index contributed by atoms with van der Waals surface area (Å²) in [6.07, 6.45) is 2.12. The maximum Gasteiger partial charge on any atom is 0.234 e. The molecule has 0 saturated carbocycles. The van der Waals surface area contributed by atoms with Crippen LogP contribution in [-0.2, 0) is 9.59 Å². The van der Waals surface area contributed by atoms with Crippen LogP contribution in [0.5, 0.6) is 0 Å². The van der Waals surface area contributed by atoms with E-state index in [9.17, 15) is 9.59 Å². The lowest BCUT2D eigenvalue weighted by Gasteiger charge is -2.23. The van der Waals surface area contributed by atoms with Crippen molar-refractivity contribution in [2.75, 3.05) is 29.9 Å². The van der Waals surface area contributed by atoms with Crippen LogP contribution >= 0.6 is 24.2 Å². The zero-order chi connectivity index (χ0) is 15.8. The van der Waals surface area contributed by atoms with Crippen molar-refractivity contribution in [1.29, 1.82) is 0 Å². The van der Waals surface area contributed by atoms with E-state index in [1.54, 1.807) is 0 Å².